The Kier molecular flexibility index (Phi) is 2.41. The summed E-state index contributed by atoms with van der Waals surface area (Å²) in [7, 11) is 1.72. The number of aliphatic imine (C=N–C) groups is 1. The van der Waals surface area contributed by atoms with Gasteiger partial charge < -0.3 is 4.74 Å². The van der Waals surface area contributed by atoms with Gasteiger partial charge in [0.05, 0.1) is 6.61 Å². The Bertz CT molecular complexity index is 331. The maximum absolute atomic E-state index is 5.09. The molecule has 0 spiro atoms. The summed E-state index contributed by atoms with van der Waals surface area (Å²) in [4.78, 5) is 4.24. The first-order valence-electron chi connectivity index (χ1n) is 4.51. The van der Waals surface area contributed by atoms with Crippen LogP contribution in [0.4, 0.5) is 0 Å². The third-order valence-corrected chi connectivity index (χ3v) is 2.26. The SMILES string of the molecule is COCc1ccc2c(c1)CCN=C2. The Balaban J connectivity index is 2.31. The van der Waals surface area contributed by atoms with Crippen molar-refractivity contribution < 1.29 is 4.74 Å². The van der Waals surface area contributed by atoms with Gasteiger partial charge in [0.15, 0.2) is 0 Å². The van der Waals surface area contributed by atoms with Crippen LogP contribution in [0.3, 0.4) is 0 Å². The van der Waals surface area contributed by atoms with Crippen LogP contribution in [0, 0.1) is 0 Å². The van der Waals surface area contributed by atoms with Crippen molar-refractivity contribution in [2.24, 2.45) is 4.99 Å². The predicted molar refractivity (Wildman–Crippen MR) is 53.3 cm³/mol. The molecule has 0 N–H and O–H groups in total. The van der Waals surface area contributed by atoms with E-state index in [0.29, 0.717) is 6.61 Å². The maximum Gasteiger partial charge on any atom is 0.0713 e. The van der Waals surface area contributed by atoms with Crippen molar-refractivity contribution in [1.82, 2.24) is 0 Å². The number of nitrogens with zero attached hydrogens (tertiary/aromatic N) is 1. The van der Waals surface area contributed by atoms with E-state index >= 15 is 0 Å². The normalized spacial score (nSPS) is 14.2. The Hall–Kier alpha value is -1.15. The van der Waals surface area contributed by atoms with Gasteiger partial charge in [0, 0.05) is 19.9 Å². The second kappa shape index (κ2) is 3.71. The zero-order valence-electron chi connectivity index (χ0n) is 7.79. The average Bonchev–Trinajstić information content (AvgIpc) is 2.18. The summed E-state index contributed by atoms with van der Waals surface area (Å²) >= 11 is 0. The van der Waals surface area contributed by atoms with Gasteiger partial charge in [-0.1, -0.05) is 18.2 Å². The minimum Gasteiger partial charge on any atom is -0.380 e. The van der Waals surface area contributed by atoms with E-state index in [1.165, 1.54) is 16.7 Å². The van der Waals surface area contributed by atoms with Crippen molar-refractivity contribution in [2.75, 3.05) is 13.7 Å². The van der Waals surface area contributed by atoms with Gasteiger partial charge >= 0.3 is 0 Å². The van der Waals surface area contributed by atoms with Gasteiger partial charge in [-0.05, 0) is 23.1 Å². The van der Waals surface area contributed by atoms with Crippen molar-refractivity contribution in [2.45, 2.75) is 13.0 Å². The summed E-state index contributed by atoms with van der Waals surface area (Å²) in [5.74, 6) is 0. The molecule has 2 heteroatoms. The van der Waals surface area contributed by atoms with E-state index in [1.54, 1.807) is 7.11 Å². The van der Waals surface area contributed by atoms with Crippen LogP contribution in [0.2, 0.25) is 0 Å². The Labute approximate surface area is 78.3 Å². The molecule has 0 bridgehead atoms. The zero-order chi connectivity index (χ0) is 9.10. The topological polar surface area (TPSA) is 21.6 Å². The van der Waals surface area contributed by atoms with Crippen LogP contribution in [0.5, 0.6) is 0 Å². The highest BCUT2D eigenvalue weighted by molar-refractivity contribution is 5.82. The van der Waals surface area contributed by atoms with Crippen molar-refractivity contribution in [1.29, 1.82) is 0 Å². The summed E-state index contributed by atoms with van der Waals surface area (Å²) < 4.78 is 5.09. The largest absolute Gasteiger partial charge is 0.380 e. The lowest BCUT2D eigenvalue weighted by atomic mass is 10.0. The van der Waals surface area contributed by atoms with Gasteiger partial charge in [-0.2, -0.15) is 0 Å². The molecule has 68 valence electrons. The summed E-state index contributed by atoms with van der Waals surface area (Å²) in [6, 6.07) is 6.43. The molecule has 0 atom stereocenters. The lowest BCUT2D eigenvalue weighted by Gasteiger charge is -2.11. The van der Waals surface area contributed by atoms with Crippen LogP contribution in [0.25, 0.3) is 0 Å². The van der Waals surface area contributed by atoms with Gasteiger partial charge in [-0.25, -0.2) is 0 Å². The van der Waals surface area contributed by atoms with Gasteiger partial charge in [0.1, 0.15) is 0 Å². The molecule has 0 aliphatic carbocycles. The molecule has 0 fully saturated rings. The first-order chi connectivity index (χ1) is 6.40. The summed E-state index contributed by atoms with van der Waals surface area (Å²) in [6.45, 7) is 1.62. The quantitative estimate of drug-likeness (QED) is 0.671. The highest BCUT2D eigenvalue weighted by atomic mass is 16.5. The van der Waals surface area contributed by atoms with Crippen LogP contribution in [0.15, 0.2) is 23.2 Å². The van der Waals surface area contributed by atoms with Crippen molar-refractivity contribution in [3.8, 4) is 0 Å². The molecule has 1 heterocycles. The van der Waals surface area contributed by atoms with E-state index < -0.39 is 0 Å². The Morgan fingerprint density at radius 2 is 2.38 bits per heavy atom. The molecule has 1 aromatic rings. The number of methoxy groups -OCH3 is 1. The second-order valence-corrected chi connectivity index (χ2v) is 3.25. The third kappa shape index (κ3) is 1.78. The van der Waals surface area contributed by atoms with Gasteiger partial charge in [-0.3, -0.25) is 4.99 Å². The molecule has 1 aromatic carbocycles. The average molecular weight is 175 g/mol. The number of ether oxygens (including phenoxy) is 1. The molecular formula is C11H13NO. The first-order valence-corrected chi connectivity index (χ1v) is 4.51. The number of benzene rings is 1. The smallest absolute Gasteiger partial charge is 0.0713 e. The monoisotopic (exact) mass is 175 g/mol. The fraction of sp³-hybridized carbons (Fsp3) is 0.364. The second-order valence-electron chi connectivity index (χ2n) is 3.25. The fourth-order valence-electron chi connectivity index (χ4n) is 1.61. The molecular weight excluding hydrogens is 162 g/mol. The van der Waals surface area contributed by atoms with Crippen LogP contribution in [-0.2, 0) is 17.8 Å². The summed E-state index contributed by atoms with van der Waals surface area (Å²) in [5.41, 5.74) is 3.90. The third-order valence-electron chi connectivity index (χ3n) is 2.26. The highest BCUT2D eigenvalue weighted by Gasteiger charge is 2.05. The molecule has 0 radical (unpaired) electrons. The molecule has 0 aromatic heterocycles. The summed E-state index contributed by atoms with van der Waals surface area (Å²) in [5, 5.41) is 0. The lowest BCUT2D eigenvalue weighted by molar-refractivity contribution is 0.185. The zero-order valence-corrected chi connectivity index (χ0v) is 7.79. The minimum absolute atomic E-state index is 0.699. The molecule has 2 nitrogen and oxygen atoms in total. The molecule has 0 amide bonds. The molecule has 0 unspecified atom stereocenters. The highest BCUT2D eigenvalue weighted by Crippen LogP contribution is 2.14. The number of fused-ring (bicyclic) bond motifs is 1. The molecule has 13 heavy (non-hydrogen) atoms. The van der Waals surface area contributed by atoms with Crippen LogP contribution < -0.4 is 0 Å². The minimum atomic E-state index is 0.699. The van der Waals surface area contributed by atoms with Crippen LogP contribution in [-0.4, -0.2) is 19.9 Å². The number of hydrogen-bond donors (Lipinski definition) is 0. The molecule has 0 saturated heterocycles. The number of rotatable bonds is 2. The number of hydrogen-bond acceptors (Lipinski definition) is 2. The van der Waals surface area contributed by atoms with E-state index in [2.05, 4.69) is 23.2 Å². The van der Waals surface area contributed by atoms with Gasteiger partial charge in [-0.15, -0.1) is 0 Å². The van der Waals surface area contributed by atoms with Crippen molar-refractivity contribution >= 4 is 6.21 Å². The van der Waals surface area contributed by atoms with Gasteiger partial charge in [0.2, 0.25) is 0 Å². The maximum atomic E-state index is 5.09. The van der Waals surface area contributed by atoms with E-state index in [1.807, 2.05) is 6.21 Å². The summed E-state index contributed by atoms with van der Waals surface area (Å²) in [6.07, 6.45) is 3.01. The lowest BCUT2D eigenvalue weighted by Crippen LogP contribution is -2.03. The van der Waals surface area contributed by atoms with E-state index in [4.69, 9.17) is 4.74 Å². The van der Waals surface area contributed by atoms with E-state index in [-0.39, 0.29) is 0 Å². The van der Waals surface area contributed by atoms with Crippen LogP contribution in [0.1, 0.15) is 16.7 Å². The fourth-order valence-corrected chi connectivity index (χ4v) is 1.61. The molecule has 0 saturated carbocycles. The van der Waals surface area contributed by atoms with E-state index in [9.17, 15) is 0 Å². The standard InChI is InChI=1S/C11H13NO/c1-13-8-9-2-3-11-7-12-5-4-10(11)6-9/h2-3,6-7H,4-5,8H2,1H3. The van der Waals surface area contributed by atoms with Crippen LogP contribution >= 0.6 is 0 Å². The molecule has 1 aliphatic rings. The van der Waals surface area contributed by atoms with Gasteiger partial charge in [0.25, 0.3) is 0 Å². The predicted octanol–water partition coefficient (Wildman–Crippen LogP) is 1.81. The molecule has 1 aliphatic heterocycles. The Morgan fingerprint density at radius 1 is 1.46 bits per heavy atom. The Morgan fingerprint density at radius 3 is 3.23 bits per heavy atom. The van der Waals surface area contributed by atoms with E-state index in [0.717, 1.165) is 13.0 Å². The van der Waals surface area contributed by atoms with Crippen molar-refractivity contribution in [3.05, 3.63) is 34.9 Å². The molecule has 2 rings (SSSR count). The van der Waals surface area contributed by atoms with Crippen molar-refractivity contribution in [3.63, 3.8) is 0 Å². The first kappa shape index (κ1) is 8.45.